The molecule has 17 heteroatoms. The molecule has 3 aromatic carbocycles. The van der Waals surface area contributed by atoms with Gasteiger partial charge in [0.25, 0.3) is 0 Å². The molecule has 47 heavy (non-hydrogen) atoms. The van der Waals surface area contributed by atoms with Crippen molar-refractivity contribution < 1.29 is 64.1 Å². The van der Waals surface area contributed by atoms with Crippen LogP contribution in [0.3, 0.4) is 0 Å². The fourth-order valence-electron chi connectivity index (χ4n) is 5.66. The maximum atomic E-state index is 13.3. The third-order valence-electron chi connectivity index (χ3n) is 7.34. The summed E-state index contributed by atoms with van der Waals surface area (Å²) in [5, 5.41) is 59.0. The maximum absolute atomic E-state index is 13.3. The van der Waals surface area contributed by atoms with Gasteiger partial charge in [-0.3, -0.25) is 29.0 Å². The Kier molecular flexibility index (Phi) is 12.1. The van der Waals surface area contributed by atoms with Crippen molar-refractivity contribution in [3.05, 3.63) is 81.9 Å². The third kappa shape index (κ3) is 7.74. The number of phenols is 2. The zero-order valence-corrected chi connectivity index (χ0v) is 23.3. The molecule has 0 aromatic heterocycles. The Labute approximate surface area is 310 Å². The van der Waals surface area contributed by atoms with Gasteiger partial charge in [0.05, 0.1) is 31.7 Å². The summed E-state index contributed by atoms with van der Waals surface area (Å²) in [5.41, 5.74) is -0.636. The van der Waals surface area contributed by atoms with Gasteiger partial charge in [-0.1, -0.05) is 18.2 Å². The third-order valence-corrected chi connectivity index (χ3v) is 7.34. The number of carbonyl (C=O) groups excluding carboxylic acids is 1. The van der Waals surface area contributed by atoms with Crippen molar-refractivity contribution in [3.63, 3.8) is 0 Å². The van der Waals surface area contributed by atoms with Crippen molar-refractivity contribution in [3.8, 4) is 23.0 Å². The first kappa shape index (κ1) is 37.8. The number of phenolic OH excluding ortho intramolecular Hbond substituents is 2. The molecule has 5 rings (SSSR count). The summed E-state index contributed by atoms with van der Waals surface area (Å²) in [4.78, 5) is 61.0. The molecule has 6 N–H and O–H groups in total. The van der Waals surface area contributed by atoms with E-state index >= 15 is 0 Å². The van der Waals surface area contributed by atoms with Gasteiger partial charge >= 0.3 is 89.0 Å². The van der Waals surface area contributed by atoms with Crippen LogP contribution in [0.4, 0.5) is 0 Å². The number of hydrogen-bond donors (Lipinski definition) is 6. The van der Waals surface area contributed by atoms with Crippen LogP contribution in [0.1, 0.15) is 38.2 Å². The SMILES string of the molecule is O=C(O)CN(CC(=O)O)Cc1cc2c(cc1O)Oc1cc(O)c(CN(CC(=O)O)CC(=O)O)cc1C21OC(=O)c2ccccc21.[NaH].[NaH]. The Hall–Kier alpha value is -3.67. The van der Waals surface area contributed by atoms with E-state index in [2.05, 4.69) is 0 Å². The van der Waals surface area contributed by atoms with Crippen LogP contribution in [0.15, 0.2) is 48.5 Å². The first-order chi connectivity index (χ1) is 21.3. The van der Waals surface area contributed by atoms with Gasteiger partial charge in [-0.15, -0.1) is 0 Å². The predicted octanol–water partition coefficient (Wildman–Crippen LogP) is 0.311. The van der Waals surface area contributed by atoms with E-state index in [1.807, 2.05) is 0 Å². The zero-order chi connectivity index (χ0) is 32.6. The van der Waals surface area contributed by atoms with Crippen LogP contribution in [0.25, 0.3) is 0 Å². The van der Waals surface area contributed by atoms with Crippen LogP contribution in [0.2, 0.25) is 0 Å². The number of carboxylic acids is 4. The Bertz CT molecular complexity index is 1640. The summed E-state index contributed by atoms with van der Waals surface area (Å²) >= 11 is 0. The van der Waals surface area contributed by atoms with Crippen LogP contribution >= 0.6 is 0 Å². The van der Waals surface area contributed by atoms with E-state index < -0.39 is 61.6 Å². The molecular weight excluding hydrogens is 642 g/mol. The molecule has 0 fully saturated rings. The number of benzene rings is 3. The quantitative estimate of drug-likeness (QED) is 0.112. The summed E-state index contributed by atoms with van der Waals surface area (Å²) in [7, 11) is 0. The number of aliphatic carboxylic acids is 4. The van der Waals surface area contributed by atoms with Gasteiger partial charge in [0.15, 0.2) is 5.60 Å². The number of hydrogen-bond acceptors (Lipinski definition) is 11. The topological polar surface area (TPSA) is 232 Å². The molecule has 0 bridgehead atoms. The molecule has 238 valence electrons. The van der Waals surface area contributed by atoms with Crippen molar-refractivity contribution in [1.82, 2.24) is 9.80 Å². The number of carboxylic acid groups (broad SMARTS) is 4. The molecule has 15 nitrogen and oxygen atoms in total. The van der Waals surface area contributed by atoms with Crippen LogP contribution in [-0.2, 0) is 42.6 Å². The fourth-order valence-corrected chi connectivity index (χ4v) is 5.66. The van der Waals surface area contributed by atoms with Crippen LogP contribution in [0, 0.1) is 0 Å². The number of esters is 1. The Morgan fingerprint density at radius 1 is 0.638 bits per heavy atom. The van der Waals surface area contributed by atoms with Crippen LogP contribution < -0.4 is 4.74 Å². The van der Waals surface area contributed by atoms with Crippen molar-refractivity contribution in [2.45, 2.75) is 18.7 Å². The second kappa shape index (κ2) is 15.0. The number of carbonyl (C=O) groups is 5. The number of ether oxygens (including phenoxy) is 2. The molecule has 0 saturated carbocycles. The number of nitrogens with zero attached hydrogens (tertiary/aromatic N) is 2. The van der Waals surface area contributed by atoms with Gasteiger partial charge in [-0.25, -0.2) is 4.79 Å². The van der Waals surface area contributed by atoms with E-state index in [1.54, 1.807) is 18.2 Å². The van der Waals surface area contributed by atoms with Gasteiger partial charge in [0.1, 0.15) is 23.0 Å². The molecule has 0 atom stereocenters. The second-order valence-electron chi connectivity index (χ2n) is 10.5. The Balaban J connectivity index is 0.00000300. The van der Waals surface area contributed by atoms with Gasteiger partial charge in [0, 0.05) is 53.0 Å². The summed E-state index contributed by atoms with van der Waals surface area (Å²) in [6.45, 7) is -3.27. The number of aromatic hydroxyl groups is 2. The molecule has 2 aliphatic rings. The van der Waals surface area contributed by atoms with E-state index in [0.29, 0.717) is 5.56 Å². The molecule has 1 spiro atoms. The van der Waals surface area contributed by atoms with Crippen molar-refractivity contribution in [2.75, 3.05) is 26.2 Å². The minimum atomic E-state index is -1.75. The van der Waals surface area contributed by atoms with Crippen molar-refractivity contribution >= 4 is 89.0 Å². The molecule has 3 aromatic rings. The number of fused-ring (bicyclic) bond motifs is 6. The van der Waals surface area contributed by atoms with E-state index in [9.17, 15) is 54.6 Å². The minimum absolute atomic E-state index is 0. The fraction of sp³-hybridized carbons (Fsp3) is 0.233. The first-order valence-corrected chi connectivity index (χ1v) is 13.3. The molecule has 0 unspecified atom stereocenters. The van der Waals surface area contributed by atoms with E-state index in [-0.39, 0.29) is 123 Å². The zero-order valence-electron chi connectivity index (χ0n) is 23.3. The van der Waals surface area contributed by atoms with E-state index in [0.717, 1.165) is 9.80 Å². The standard InChI is InChI=1S/C30H26N2O13.2Na.2H/c33-21-7-23-19(5-15(21)9-31(11-25(35)36)12-26(37)38)30(18-4-2-1-3-17(18)29(43)45-30)20-6-16(22(34)8-24(20)44-23)10-32(13-27(39)40)14-28(41)42;;;;/h1-8,33-34H,9-14H2,(H,35,36)(H,37,38)(H,39,40)(H,41,42);;;;. The van der Waals surface area contributed by atoms with E-state index in [1.165, 1.54) is 30.3 Å². The summed E-state index contributed by atoms with van der Waals surface area (Å²) in [6, 6.07) is 11.7. The monoisotopic (exact) mass is 670 g/mol. The van der Waals surface area contributed by atoms with E-state index in [4.69, 9.17) is 9.47 Å². The second-order valence-corrected chi connectivity index (χ2v) is 10.5. The summed E-state index contributed by atoms with van der Waals surface area (Å²) in [5.74, 6) is -6.62. The summed E-state index contributed by atoms with van der Waals surface area (Å²) in [6.07, 6.45) is 0. The molecule has 0 amide bonds. The van der Waals surface area contributed by atoms with Crippen LogP contribution in [-0.4, -0.2) is 156 Å². The van der Waals surface area contributed by atoms with Crippen LogP contribution in [0.5, 0.6) is 23.0 Å². The van der Waals surface area contributed by atoms with Crippen molar-refractivity contribution in [1.29, 1.82) is 0 Å². The molecule has 0 aliphatic carbocycles. The average molecular weight is 671 g/mol. The molecular formula is C30H28N2Na2O13. The van der Waals surface area contributed by atoms with Gasteiger partial charge in [-0.2, -0.15) is 0 Å². The molecule has 2 heterocycles. The Morgan fingerprint density at radius 3 is 1.45 bits per heavy atom. The summed E-state index contributed by atoms with van der Waals surface area (Å²) < 4.78 is 12.1. The van der Waals surface area contributed by atoms with Crippen molar-refractivity contribution in [2.24, 2.45) is 0 Å². The predicted molar refractivity (Wildman–Crippen MR) is 163 cm³/mol. The molecule has 0 radical (unpaired) electrons. The first-order valence-electron chi connectivity index (χ1n) is 13.3. The molecule has 0 saturated heterocycles. The molecule has 2 aliphatic heterocycles. The normalized spacial score (nSPS) is 13.4. The number of rotatable bonds is 12. The van der Waals surface area contributed by atoms with Gasteiger partial charge in [0.2, 0.25) is 0 Å². The Morgan fingerprint density at radius 2 is 1.04 bits per heavy atom. The average Bonchev–Trinajstić information content (AvgIpc) is 3.22. The van der Waals surface area contributed by atoms with Gasteiger partial charge < -0.3 is 40.1 Å². The van der Waals surface area contributed by atoms with Gasteiger partial charge in [-0.05, 0) is 18.2 Å².